The zero-order chi connectivity index (χ0) is 40.8. The number of nitro benzene ring substituents is 2. The molecule has 0 aliphatic rings. The summed E-state index contributed by atoms with van der Waals surface area (Å²) in [5, 5.41) is 24.5. The first kappa shape index (κ1) is 41.5. The van der Waals surface area contributed by atoms with Crippen molar-refractivity contribution in [2.45, 2.75) is 28.7 Å². The van der Waals surface area contributed by atoms with Crippen LogP contribution in [-0.2, 0) is 38.9 Å². The molecule has 5 rings (SSSR count). The molecule has 13 nitrogen and oxygen atoms in total. The predicted molar refractivity (Wildman–Crippen MR) is 184 cm³/mol. The average Bonchev–Trinajstić information content (AvgIpc) is 3.11. The Morgan fingerprint density at radius 3 is 1.40 bits per heavy atom. The molecule has 0 aliphatic carbocycles. The van der Waals surface area contributed by atoms with E-state index >= 15 is 0 Å². The van der Waals surface area contributed by atoms with E-state index in [2.05, 4.69) is 14.8 Å². The maximum atomic E-state index is 13.2. The smallest absolute Gasteiger partial charge is 0.375 e. The fourth-order valence-electron chi connectivity index (χ4n) is 4.56. The molecule has 5 aromatic carbocycles. The average molecular weight is 816 g/mol. The molecule has 0 atom stereocenters. The summed E-state index contributed by atoms with van der Waals surface area (Å²) < 4.78 is 145. The van der Waals surface area contributed by atoms with Crippen LogP contribution >= 0.6 is 0 Å². The fraction of sp³-hybridized carbons (Fsp3) is 0.0909. The van der Waals surface area contributed by atoms with Gasteiger partial charge in [0.05, 0.1) is 42.1 Å². The monoisotopic (exact) mass is 815 g/mol. The molecule has 3 N–H and O–H groups in total. The number of nitrogens with one attached hydrogen (secondary N) is 3. The summed E-state index contributed by atoms with van der Waals surface area (Å²) in [6, 6.07) is 21.5. The third-order valence-electron chi connectivity index (χ3n) is 7.08. The molecule has 0 saturated heterocycles. The lowest BCUT2D eigenvalue weighted by Gasteiger charge is -2.15. The second-order valence-corrected chi connectivity index (χ2v) is 14.4. The summed E-state index contributed by atoms with van der Waals surface area (Å²) in [6.45, 7) is -0.608. The number of nitrogens with zero attached hydrogens (tertiary/aromatic N) is 2. The molecule has 0 bridgehead atoms. The van der Waals surface area contributed by atoms with Crippen molar-refractivity contribution in [2.75, 3.05) is 14.8 Å². The van der Waals surface area contributed by atoms with Crippen LogP contribution in [0.1, 0.15) is 16.7 Å². The molecule has 0 heterocycles. The Bertz CT molecular complexity index is 2390. The number of alkyl halides is 6. The highest BCUT2D eigenvalue weighted by Crippen LogP contribution is 2.37. The Labute approximate surface area is 306 Å². The predicted octanol–water partition coefficient (Wildman–Crippen LogP) is 8.58. The van der Waals surface area contributed by atoms with Crippen LogP contribution in [0, 0.1) is 26.0 Å². The van der Waals surface area contributed by atoms with Crippen molar-refractivity contribution in [2.24, 2.45) is 0 Å². The van der Waals surface area contributed by atoms with E-state index in [1.807, 2.05) is 0 Å². The van der Waals surface area contributed by atoms with Crippen LogP contribution < -0.4 is 14.8 Å². The molecule has 0 aromatic heterocycles. The zero-order valence-corrected chi connectivity index (χ0v) is 28.9. The van der Waals surface area contributed by atoms with Crippen LogP contribution in [0.5, 0.6) is 0 Å². The standard InChI is InChI=1S/C21H15F6N3O4S.C12H9FN2O4S/c22-20(23,24)14-8-13(9-15(10-14)21(25,26)27)12-28-18-7-6-16(11-19(18)30(31)32)29-35(33,34)17-4-2-1-3-5-17;13-11-7-6-9(8-12(11)15(16)17)14-20(18,19)10-4-2-1-3-5-10/h1-11,28-29H,12H2;1-8,14H. The Morgan fingerprint density at radius 2 is 0.982 bits per heavy atom. The van der Waals surface area contributed by atoms with Crippen molar-refractivity contribution in [3.05, 3.63) is 158 Å². The first-order chi connectivity index (χ1) is 25.6. The lowest BCUT2D eigenvalue weighted by molar-refractivity contribution is -0.387. The number of benzene rings is 5. The lowest BCUT2D eigenvalue weighted by atomic mass is 10.0. The number of hydrogen-bond acceptors (Lipinski definition) is 9. The molecule has 0 aliphatic heterocycles. The highest BCUT2D eigenvalue weighted by Gasteiger charge is 2.37. The minimum Gasteiger partial charge on any atom is -0.375 e. The molecule has 55 heavy (non-hydrogen) atoms. The second kappa shape index (κ2) is 16.4. The first-order valence-electron chi connectivity index (χ1n) is 15.0. The van der Waals surface area contributed by atoms with Gasteiger partial charge >= 0.3 is 18.0 Å². The van der Waals surface area contributed by atoms with Gasteiger partial charge in [-0.05, 0) is 72.3 Å². The van der Waals surface area contributed by atoms with Crippen LogP contribution in [0.25, 0.3) is 0 Å². The maximum Gasteiger partial charge on any atom is 0.416 e. The minimum atomic E-state index is -5.04. The molecular weight excluding hydrogens is 792 g/mol. The lowest BCUT2D eigenvalue weighted by Crippen LogP contribution is -2.14. The van der Waals surface area contributed by atoms with Crippen molar-refractivity contribution in [1.82, 2.24) is 0 Å². The Kier molecular flexibility index (Phi) is 12.4. The number of anilines is 3. The normalized spacial score (nSPS) is 11.8. The van der Waals surface area contributed by atoms with E-state index in [9.17, 15) is 67.8 Å². The van der Waals surface area contributed by atoms with Gasteiger partial charge in [-0.3, -0.25) is 29.7 Å². The molecule has 0 saturated carbocycles. The molecule has 0 unspecified atom stereocenters. The molecule has 0 fully saturated rings. The summed E-state index contributed by atoms with van der Waals surface area (Å²) >= 11 is 0. The molecule has 0 radical (unpaired) electrons. The zero-order valence-electron chi connectivity index (χ0n) is 27.3. The maximum absolute atomic E-state index is 13.2. The summed E-state index contributed by atoms with van der Waals surface area (Å²) in [5.74, 6) is -1.03. The fourth-order valence-corrected chi connectivity index (χ4v) is 6.70. The van der Waals surface area contributed by atoms with Crippen LogP contribution in [0.2, 0.25) is 0 Å². The van der Waals surface area contributed by atoms with E-state index in [0.717, 1.165) is 36.4 Å². The van der Waals surface area contributed by atoms with Gasteiger partial charge in [-0.15, -0.1) is 0 Å². The van der Waals surface area contributed by atoms with Crippen molar-refractivity contribution >= 4 is 48.5 Å². The minimum absolute atomic E-state index is 0.00646. The summed E-state index contributed by atoms with van der Waals surface area (Å²) in [4.78, 5) is 20.2. The topological polar surface area (TPSA) is 191 Å². The van der Waals surface area contributed by atoms with Crippen molar-refractivity contribution in [3.63, 3.8) is 0 Å². The number of sulfonamides is 2. The van der Waals surface area contributed by atoms with Crippen LogP contribution in [0.3, 0.4) is 0 Å². The van der Waals surface area contributed by atoms with Gasteiger partial charge in [0.25, 0.3) is 25.7 Å². The first-order valence-corrected chi connectivity index (χ1v) is 17.9. The van der Waals surface area contributed by atoms with Gasteiger partial charge in [-0.25, -0.2) is 16.8 Å². The molecule has 22 heteroatoms. The third kappa shape index (κ3) is 11.1. The van der Waals surface area contributed by atoms with Gasteiger partial charge < -0.3 is 5.32 Å². The van der Waals surface area contributed by atoms with Gasteiger partial charge in [0.15, 0.2) is 0 Å². The van der Waals surface area contributed by atoms with Crippen molar-refractivity contribution in [3.8, 4) is 0 Å². The van der Waals surface area contributed by atoms with Crippen molar-refractivity contribution < 1.29 is 57.4 Å². The summed E-state index contributed by atoms with van der Waals surface area (Å²) in [7, 11) is -7.93. The van der Waals surface area contributed by atoms with E-state index in [-0.39, 0.29) is 32.9 Å². The summed E-state index contributed by atoms with van der Waals surface area (Å²) in [6.07, 6.45) is -10.1. The number of rotatable bonds is 11. The summed E-state index contributed by atoms with van der Waals surface area (Å²) in [5.41, 5.74) is -5.42. The van der Waals surface area contributed by atoms with Crippen LogP contribution in [0.4, 0.5) is 59.2 Å². The van der Waals surface area contributed by atoms with E-state index < -0.39 is 82.7 Å². The van der Waals surface area contributed by atoms with Gasteiger partial charge in [0.1, 0.15) is 5.69 Å². The van der Waals surface area contributed by atoms with Gasteiger partial charge in [-0.1, -0.05) is 36.4 Å². The van der Waals surface area contributed by atoms with E-state index in [1.165, 1.54) is 36.4 Å². The quantitative estimate of drug-likeness (QED) is 0.0666. The Hall–Kier alpha value is -6.29. The van der Waals surface area contributed by atoms with Gasteiger partial charge in [0.2, 0.25) is 5.82 Å². The Morgan fingerprint density at radius 1 is 0.564 bits per heavy atom. The number of nitro groups is 2. The highest BCUT2D eigenvalue weighted by atomic mass is 32.2. The highest BCUT2D eigenvalue weighted by molar-refractivity contribution is 7.93. The van der Waals surface area contributed by atoms with E-state index in [4.69, 9.17) is 0 Å². The van der Waals surface area contributed by atoms with E-state index in [1.54, 1.807) is 24.3 Å². The third-order valence-corrected chi connectivity index (χ3v) is 9.87. The molecule has 290 valence electrons. The number of hydrogen-bond donors (Lipinski definition) is 3. The van der Waals surface area contributed by atoms with Gasteiger partial charge in [0, 0.05) is 18.7 Å². The number of halogens is 7. The van der Waals surface area contributed by atoms with Crippen molar-refractivity contribution in [1.29, 1.82) is 0 Å². The SMILES string of the molecule is O=[N+]([O-])c1cc(NS(=O)(=O)c2ccccc2)ccc1F.O=[N+]([O-])c1cc(NS(=O)(=O)c2ccccc2)ccc1NCc1cc(C(F)(F)F)cc(C(F)(F)F)c1. The van der Waals surface area contributed by atoms with E-state index in [0.29, 0.717) is 12.1 Å². The van der Waals surface area contributed by atoms with Gasteiger partial charge in [-0.2, -0.15) is 30.7 Å². The molecule has 0 amide bonds. The van der Waals surface area contributed by atoms with Crippen LogP contribution in [-0.4, -0.2) is 26.7 Å². The Balaban J connectivity index is 0.000000284. The molecule has 5 aromatic rings. The molecular formula is C33H24F7N5O8S2. The molecule has 0 spiro atoms. The van der Waals surface area contributed by atoms with Crippen LogP contribution in [0.15, 0.2) is 125 Å². The second-order valence-electron chi connectivity index (χ2n) is 11.0. The largest absolute Gasteiger partial charge is 0.416 e.